The van der Waals surface area contributed by atoms with Crippen LogP contribution in [0.25, 0.3) is 0 Å². The molecule has 3 heterocycles. The third kappa shape index (κ3) is 2.84. The van der Waals surface area contributed by atoms with E-state index in [1.54, 1.807) is 0 Å². The predicted molar refractivity (Wildman–Crippen MR) is 93.0 cm³/mol. The monoisotopic (exact) mass is 329 g/mol. The normalized spacial score (nSPS) is 36.4. The minimum absolute atomic E-state index is 0.0433. The number of nitrogens with one attached hydrogen (secondary N) is 3. The number of hydrogen-bond donors (Lipinski definition) is 4. The van der Waals surface area contributed by atoms with E-state index in [1.165, 1.54) is 12.8 Å². The Morgan fingerprint density at radius 3 is 2.79 bits per heavy atom. The van der Waals surface area contributed by atoms with Crippen molar-refractivity contribution in [3.8, 4) is 0 Å². The van der Waals surface area contributed by atoms with Gasteiger partial charge in [0, 0.05) is 31.0 Å². The standard InChI is InChI=1S/C18H27N5O/c19-16-14(13-5-2-1-3-6-13)15(21-22-16)17(24)23-10-4-7-18(12-23)8-9-20-11-18/h1-3,5-6,14-16,20-22H,4,7-12,19H2. The van der Waals surface area contributed by atoms with Gasteiger partial charge in [-0.15, -0.1) is 0 Å². The Balaban J connectivity index is 1.52. The van der Waals surface area contributed by atoms with E-state index in [-0.39, 0.29) is 29.4 Å². The second-order valence-corrected chi connectivity index (χ2v) is 7.52. The molecule has 6 heteroatoms. The first-order chi connectivity index (χ1) is 11.7. The highest BCUT2D eigenvalue weighted by molar-refractivity contribution is 5.83. The molecule has 1 amide bonds. The van der Waals surface area contributed by atoms with Gasteiger partial charge in [-0.1, -0.05) is 30.3 Å². The molecule has 6 nitrogen and oxygen atoms in total. The number of hydrogen-bond acceptors (Lipinski definition) is 5. The number of benzene rings is 1. The highest BCUT2D eigenvalue weighted by Gasteiger charge is 2.45. The van der Waals surface area contributed by atoms with Gasteiger partial charge in [0.2, 0.25) is 5.91 Å². The van der Waals surface area contributed by atoms with Crippen molar-refractivity contribution in [2.45, 2.75) is 37.4 Å². The van der Waals surface area contributed by atoms with Gasteiger partial charge >= 0.3 is 0 Å². The average molecular weight is 329 g/mol. The first-order valence-corrected chi connectivity index (χ1v) is 9.00. The number of amides is 1. The van der Waals surface area contributed by atoms with Gasteiger partial charge in [-0.25, -0.2) is 10.9 Å². The smallest absolute Gasteiger partial charge is 0.241 e. The number of rotatable bonds is 2. The summed E-state index contributed by atoms with van der Waals surface area (Å²) in [6.07, 6.45) is 3.24. The van der Waals surface area contributed by atoms with Gasteiger partial charge in [0.15, 0.2) is 0 Å². The van der Waals surface area contributed by atoms with Gasteiger partial charge in [-0.05, 0) is 31.4 Å². The summed E-state index contributed by atoms with van der Waals surface area (Å²) in [5.41, 5.74) is 13.8. The van der Waals surface area contributed by atoms with Crippen LogP contribution in [0.1, 0.15) is 30.7 Å². The molecule has 3 aliphatic rings. The van der Waals surface area contributed by atoms with Crippen LogP contribution in [0.5, 0.6) is 0 Å². The molecule has 0 aliphatic carbocycles. The van der Waals surface area contributed by atoms with Crippen molar-refractivity contribution in [1.82, 2.24) is 21.1 Å². The Bertz CT molecular complexity index is 586. The molecule has 0 bridgehead atoms. The molecule has 0 aromatic heterocycles. The Morgan fingerprint density at radius 2 is 2.04 bits per heavy atom. The topological polar surface area (TPSA) is 82.4 Å². The van der Waals surface area contributed by atoms with E-state index in [2.05, 4.69) is 33.2 Å². The summed E-state index contributed by atoms with van der Waals surface area (Å²) in [5.74, 6) is 0.133. The van der Waals surface area contributed by atoms with Crippen LogP contribution in [0, 0.1) is 5.41 Å². The van der Waals surface area contributed by atoms with Crippen LogP contribution < -0.4 is 21.9 Å². The molecule has 0 radical (unpaired) electrons. The van der Waals surface area contributed by atoms with Crippen molar-refractivity contribution in [1.29, 1.82) is 0 Å². The minimum Gasteiger partial charge on any atom is -0.341 e. The lowest BCUT2D eigenvalue weighted by Crippen LogP contribution is -2.53. The Morgan fingerprint density at radius 1 is 1.21 bits per heavy atom. The summed E-state index contributed by atoms with van der Waals surface area (Å²) in [6.45, 7) is 3.83. The van der Waals surface area contributed by atoms with Crippen molar-refractivity contribution in [3.63, 3.8) is 0 Å². The van der Waals surface area contributed by atoms with Crippen molar-refractivity contribution >= 4 is 5.91 Å². The molecule has 1 aromatic rings. The van der Waals surface area contributed by atoms with E-state index in [0.717, 1.165) is 38.2 Å². The van der Waals surface area contributed by atoms with Crippen LogP contribution >= 0.6 is 0 Å². The maximum atomic E-state index is 13.2. The molecule has 3 aliphatic heterocycles. The fourth-order valence-electron chi connectivity index (χ4n) is 4.60. The van der Waals surface area contributed by atoms with E-state index < -0.39 is 0 Å². The zero-order valence-corrected chi connectivity index (χ0v) is 14.0. The number of nitrogens with two attached hydrogens (primary N) is 1. The lowest BCUT2D eigenvalue weighted by atomic mass is 9.78. The summed E-state index contributed by atoms with van der Waals surface area (Å²) < 4.78 is 0. The maximum absolute atomic E-state index is 13.2. The van der Waals surface area contributed by atoms with Crippen LogP contribution in [0.2, 0.25) is 0 Å². The summed E-state index contributed by atoms with van der Waals surface area (Å²) in [5, 5.41) is 3.47. The highest BCUT2D eigenvalue weighted by atomic mass is 16.2. The highest BCUT2D eigenvalue weighted by Crippen LogP contribution is 2.36. The van der Waals surface area contributed by atoms with Crippen LogP contribution in [0.15, 0.2) is 30.3 Å². The van der Waals surface area contributed by atoms with E-state index in [4.69, 9.17) is 5.73 Å². The molecule has 5 N–H and O–H groups in total. The molecule has 24 heavy (non-hydrogen) atoms. The maximum Gasteiger partial charge on any atom is 0.241 e. The third-order valence-electron chi connectivity index (χ3n) is 5.91. The zero-order chi connectivity index (χ0) is 16.6. The van der Waals surface area contributed by atoms with E-state index >= 15 is 0 Å². The predicted octanol–water partition coefficient (Wildman–Crippen LogP) is 0.134. The van der Waals surface area contributed by atoms with Gasteiger partial charge in [-0.2, -0.15) is 0 Å². The number of carbonyl (C=O) groups is 1. The summed E-state index contributed by atoms with van der Waals surface area (Å²) >= 11 is 0. The molecule has 3 saturated heterocycles. The lowest BCUT2D eigenvalue weighted by molar-refractivity contribution is -0.136. The van der Waals surface area contributed by atoms with Crippen LogP contribution in [0.3, 0.4) is 0 Å². The van der Waals surface area contributed by atoms with E-state index in [1.807, 2.05) is 18.2 Å². The number of hydrazine groups is 1. The van der Waals surface area contributed by atoms with Crippen LogP contribution in [-0.2, 0) is 4.79 Å². The van der Waals surface area contributed by atoms with Crippen molar-refractivity contribution in [3.05, 3.63) is 35.9 Å². The van der Waals surface area contributed by atoms with Crippen molar-refractivity contribution in [2.24, 2.45) is 11.1 Å². The summed E-state index contributed by atoms with van der Waals surface area (Å²) in [4.78, 5) is 15.3. The van der Waals surface area contributed by atoms with Gasteiger partial charge in [0.05, 0.1) is 6.17 Å². The average Bonchev–Trinajstić information content (AvgIpc) is 3.22. The van der Waals surface area contributed by atoms with Gasteiger partial charge in [0.1, 0.15) is 6.04 Å². The van der Waals surface area contributed by atoms with Gasteiger partial charge < -0.3 is 16.0 Å². The fraction of sp³-hybridized carbons (Fsp3) is 0.611. The molecule has 3 fully saturated rings. The minimum atomic E-state index is -0.299. The first-order valence-electron chi connectivity index (χ1n) is 9.00. The fourth-order valence-corrected chi connectivity index (χ4v) is 4.60. The lowest BCUT2D eigenvalue weighted by Gasteiger charge is -2.41. The van der Waals surface area contributed by atoms with Crippen molar-refractivity contribution in [2.75, 3.05) is 26.2 Å². The Kier molecular flexibility index (Phi) is 4.30. The van der Waals surface area contributed by atoms with Crippen molar-refractivity contribution < 1.29 is 4.79 Å². The largest absolute Gasteiger partial charge is 0.341 e. The molecule has 130 valence electrons. The molecule has 4 unspecified atom stereocenters. The van der Waals surface area contributed by atoms with Crippen LogP contribution in [-0.4, -0.2) is 49.2 Å². The quantitative estimate of drug-likeness (QED) is 0.620. The third-order valence-corrected chi connectivity index (χ3v) is 5.91. The summed E-state index contributed by atoms with van der Waals surface area (Å²) in [6, 6.07) is 9.80. The zero-order valence-electron chi connectivity index (χ0n) is 14.0. The Hall–Kier alpha value is -1.47. The first kappa shape index (κ1) is 16.0. The molecular formula is C18H27N5O. The molecule has 4 atom stereocenters. The second-order valence-electron chi connectivity index (χ2n) is 7.52. The van der Waals surface area contributed by atoms with E-state index in [9.17, 15) is 4.79 Å². The number of carbonyl (C=O) groups excluding carboxylic acids is 1. The van der Waals surface area contributed by atoms with Crippen LogP contribution in [0.4, 0.5) is 0 Å². The van der Waals surface area contributed by atoms with E-state index in [0.29, 0.717) is 0 Å². The Labute approximate surface area is 143 Å². The number of nitrogens with zero attached hydrogens (tertiary/aromatic N) is 1. The molecule has 4 rings (SSSR count). The number of piperidine rings is 1. The van der Waals surface area contributed by atoms with Gasteiger partial charge in [-0.3, -0.25) is 4.79 Å². The molecule has 1 aromatic carbocycles. The molecular weight excluding hydrogens is 302 g/mol. The summed E-state index contributed by atoms with van der Waals surface area (Å²) in [7, 11) is 0. The SMILES string of the molecule is NC1NNC(C(=O)N2CCCC3(CCNC3)C2)C1c1ccccc1. The molecule has 1 spiro atoms. The molecule has 0 saturated carbocycles. The van der Waals surface area contributed by atoms with Gasteiger partial charge in [0.25, 0.3) is 0 Å². The second kappa shape index (κ2) is 6.44. The number of likely N-dealkylation sites (tertiary alicyclic amines) is 1.